The number of ketones is 1. The zero-order valence-corrected chi connectivity index (χ0v) is 19.8. The van der Waals surface area contributed by atoms with Crippen molar-refractivity contribution in [3.63, 3.8) is 0 Å². The normalized spacial score (nSPS) is 16.6. The molecule has 0 aromatic heterocycles. The van der Waals surface area contributed by atoms with Gasteiger partial charge in [-0.2, -0.15) is 0 Å². The second-order valence-electron chi connectivity index (χ2n) is 6.71. The number of ether oxygens (including phenoxy) is 3. The summed E-state index contributed by atoms with van der Waals surface area (Å²) in [6.45, 7) is 1.87. The molecule has 0 bridgehead atoms. The Balaban J connectivity index is 1.80. The Kier molecular flexibility index (Phi) is 7.24. The van der Waals surface area contributed by atoms with Gasteiger partial charge >= 0.3 is 5.97 Å². The molecule has 29 heavy (non-hydrogen) atoms. The van der Waals surface area contributed by atoms with Crippen LogP contribution in [-0.4, -0.2) is 31.6 Å². The fraction of sp³-hybridized carbons (Fsp3) is 0.333. The van der Waals surface area contributed by atoms with Crippen LogP contribution in [0.1, 0.15) is 28.4 Å². The topological polar surface area (TPSA) is 61.8 Å². The SMILES string of the molecule is COC(=O)C(C)Oc1cc(CC2COc3c(Br)cc(CBr)cc3C2=O)ccc1Cl. The molecule has 2 aromatic carbocycles. The molecule has 154 valence electrons. The number of alkyl halides is 1. The number of esters is 1. The largest absolute Gasteiger partial charge is 0.491 e. The minimum absolute atomic E-state index is 0.0371. The third-order valence-electron chi connectivity index (χ3n) is 4.64. The van der Waals surface area contributed by atoms with Crippen molar-refractivity contribution >= 4 is 55.2 Å². The zero-order chi connectivity index (χ0) is 21.1. The van der Waals surface area contributed by atoms with Crippen LogP contribution in [0.5, 0.6) is 11.5 Å². The highest BCUT2D eigenvalue weighted by atomic mass is 79.9. The summed E-state index contributed by atoms with van der Waals surface area (Å²) in [5, 5.41) is 1.03. The molecule has 0 fully saturated rings. The van der Waals surface area contributed by atoms with Crippen molar-refractivity contribution in [3.05, 3.63) is 56.5 Å². The van der Waals surface area contributed by atoms with Gasteiger partial charge in [0.15, 0.2) is 11.9 Å². The molecule has 0 spiro atoms. The predicted molar refractivity (Wildman–Crippen MR) is 117 cm³/mol. The molecule has 3 rings (SSSR count). The molecule has 0 amide bonds. The van der Waals surface area contributed by atoms with Crippen molar-refractivity contribution in [1.82, 2.24) is 0 Å². The second kappa shape index (κ2) is 9.49. The van der Waals surface area contributed by atoms with E-state index < -0.39 is 12.1 Å². The Labute approximate surface area is 190 Å². The molecular formula is C21H19Br2ClO5. The Hall–Kier alpha value is -1.57. The third kappa shape index (κ3) is 4.95. The summed E-state index contributed by atoms with van der Waals surface area (Å²) < 4.78 is 16.9. The van der Waals surface area contributed by atoms with Crippen molar-refractivity contribution in [1.29, 1.82) is 0 Å². The van der Waals surface area contributed by atoms with E-state index in [2.05, 4.69) is 36.6 Å². The molecule has 0 saturated heterocycles. The Morgan fingerprint density at radius 2 is 2.07 bits per heavy atom. The molecule has 2 unspecified atom stereocenters. The van der Waals surface area contributed by atoms with E-state index in [0.717, 1.165) is 15.6 Å². The molecule has 1 aliphatic heterocycles. The Bertz CT molecular complexity index is 947. The minimum atomic E-state index is -0.792. The van der Waals surface area contributed by atoms with E-state index in [0.29, 0.717) is 33.8 Å². The summed E-state index contributed by atoms with van der Waals surface area (Å²) in [6.07, 6.45) is -0.325. The lowest BCUT2D eigenvalue weighted by molar-refractivity contribution is -0.147. The Morgan fingerprint density at radius 1 is 1.31 bits per heavy atom. The number of carbonyl (C=O) groups is 2. The van der Waals surface area contributed by atoms with Gasteiger partial charge in [-0.1, -0.05) is 33.6 Å². The molecule has 0 aliphatic carbocycles. The minimum Gasteiger partial charge on any atom is -0.491 e. The standard InChI is InChI=1S/C21H19Br2ClO5/c1-11(21(26)27-2)29-18-8-12(3-4-17(18)24)5-14-10-28-20-15(19(14)25)6-13(9-22)7-16(20)23/h3-4,6-8,11,14H,5,9-10H2,1-2H3. The van der Waals surface area contributed by atoms with Gasteiger partial charge in [0.25, 0.3) is 0 Å². The predicted octanol–water partition coefficient (Wildman–Crippen LogP) is 5.37. The number of rotatable bonds is 6. The van der Waals surface area contributed by atoms with Crippen LogP contribution in [0.25, 0.3) is 0 Å². The number of hydrogen-bond acceptors (Lipinski definition) is 5. The number of methoxy groups -OCH3 is 1. The van der Waals surface area contributed by atoms with E-state index >= 15 is 0 Å². The van der Waals surface area contributed by atoms with Crippen molar-refractivity contribution in [2.75, 3.05) is 13.7 Å². The fourth-order valence-corrected chi connectivity index (χ4v) is 4.25. The lowest BCUT2D eigenvalue weighted by Gasteiger charge is -2.26. The highest BCUT2D eigenvalue weighted by molar-refractivity contribution is 9.10. The number of Topliss-reactive ketones (excluding diaryl/α,β-unsaturated/α-hetero) is 1. The van der Waals surface area contributed by atoms with E-state index in [1.165, 1.54) is 7.11 Å². The third-order valence-corrected chi connectivity index (χ3v) is 6.19. The number of hydrogen-bond donors (Lipinski definition) is 0. The molecule has 0 saturated carbocycles. The van der Waals surface area contributed by atoms with Crippen LogP contribution in [-0.2, 0) is 21.3 Å². The summed E-state index contributed by atoms with van der Waals surface area (Å²) in [5.74, 6) is 0.174. The molecule has 5 nitrogen and oxygen atoms in total. The highest BCUT2D eigenvalue weighted by Gasteiger charge is 2.31. The first kappa shape index (κ1) is 22.1. The summed E-state index contributed by atoms with van der Waals surface area (Å²) in [5.41, 5.74) is 2.43. The molecule has 2 atom stereocenters. The average Bonchev–Trinajstić information content (AvgIpc) is 2.71. The van der Waals surface area contributed by atoms with Crippen molar-refractivity contribution in [2.24, 2.45) is 5.92 Å². The van der Waals surface area contributed by atoms with Crippen LogP contribution in [0.15, 0.2) is 34.8 Å². The number of carbonyl (C=O) groups excluding carboxylic acids is 2. The summed E-state index contributed by atoms with van der Waals surface area (Å²) in [7, 11) is 1.30. The van der Waals surface area contributed by atoms with E-state index in [1.807, 2.05) is 18.2 Å². The smallest absolute Gasteiger partial charge is 0.346 e. The molecule has 8 heteroatoms. The van der Waals surface area contributed by atoms with Gasteiger partial charge in [0.1, 0.15) is 11.5 Å². The lowest BCUT2D eigenvalue weighted by atomic mass is 9.89. The van der Waals surface area contributed by atoms with E-state index in [-0.39, 0.29) is 18.3 Å². The van der Waals surface area contributed by atoms with Gasteiger partial charge in [-0.25, -0.2) is 4.79 Å². The highest BCUT2D eigenvalue weighted by Crippen LogP contribution is 2.37. The molecular weight excluding hydrogens is 527 g/mol. The van der Waals surface area contributed by atoms with Crippen LogP contribution in [0, 0.1) is 5.92 Å². The summed E-state index contributed by atoms with van der Waals surface area (Å²) in [6, 6.07) is 9.07. The molecule has 0 N–H and O–H groups in total. The first-order valence-corrected chi connectivity index (χ1v) is 11.2. The van der Waals surface area contributed by atoms with Crippen LogP contribution >= 0.6 is 43.5 Å². The van der Waals surface area contributed by atoms with Crippen molar-refractivity contribution in [3.8, 4) is 11.5 Å². The van der Waals surface area contributed by atoms with E-state index in [1.54, 1.807) is 19.1 Å². The summed E-state index contributed by atoms with van der Waals surface area (Å²) >= 11 is 13.1. The van der Waals surface area contributed by atoms with Crippen LogP contribution < -0.4 is 9.47 Å². The maximum Gasteiger partial charge on any atom is 0.346 e. The van der Waals surface area contributed by atoms with Crippen molar-refractivity contribution in [2.45, 2.75) is 24.8 Å². The van der Waals surface area contributed by atoms with Gasteiger partial charge < -0.3 is 14.2 Å². The molecule has 0 radical (unpaired) electrons. The number of halogens is 3. The van der Waals surface area contributed by atoms with Crippen LogP contribution in [0.2, 0.25) is 5.02 Å². The molecule has 1 aliphatic rings. The van der Waals surface area contributed by atoms with Crippen LogP contribution in [0.3, 0.4) is 0 Å². The quantitative estimate of drug-likeness (QED) is 0.360. The zero-order valence-electron chi connectivity index (χ0n) is 15.8. The first-order valence-electron chi connectivity index (χ1n) is 8.92. The van der Waals surface area contributed by atoms with Gasteiger partial charge in [0.2, 0.25) is 0 Å². The van der Waals surface area contributed by atoms with Gasteiger partial charge in [-0.05, 0) is 64.7 Å². The summed E-state index contributed by atoms with van der Waals surface area (Å²) in [4.78, 5) is 24.7. The van der Waals surface area contributed by atoms with Gasteiger partial charge in [0.05, 0.1) is 34.7 Å². The molecule has 2 aromatic rings. The average molecular weight is 547 g/mol. The maximum atomic E-state index is 13.1. The fourth-order valence-electron chi connectivity index (χ4n) is 3.14. The Morgan fingerprint density at radius 3 is 2.76 bits per heavy atom. The maximum absolute atomic E-state index is 13.1. The van der Waals surface area contributed by atoms with Crippen LogP contribution in [0.4, 0.5) is 0 Å². The number of fused-ring (bicyclic) bond motifs is 1. The van der Waals surface area contributed by atoms with Gasteiger partial charge in [-0.15, -0.1) is 0 Å². The molecule has 1 heterocycles. The van der Waals surface area contributed by atoms with E-state index in [9.17, 15) is 9.59 Å². The monoisotopic (exact) mass is 544 g/mol. The lowest BCUT2D eigenvalue weighted by Crippen LogP contribution is -2.30. The van der Waals surface area contributed by atoms with Gasteiger partial charge in [-0.3, -0.25) is 4.79 Å². The second-order valence-corrected chi connectivity index (χ2v) is 8.53. The van der Waals surface area contributed by atoms with Gasteiger partial charge in [0, 0.05) is 5.33 Å². The first-order chi connectivity index (χ1) is 13.8. The van der Waals surface area contributed by atoms with Crippen molar-refractivity contribution < 1.29 is 23.8 Å². The van der Waals surface area contributed by atoms with E-state index in [4.69, 9.17) is 21.1 Å². The number of benzene rings is 2.